The van der Waals surface area contributed by atoms with E-state index in [9.17, 15) is 24.4 Å². The molecule has 1 rings (SSSR count). The minimum Gasteiger partial charge on any atom is -0.502 e. The van der Waals surface area contributed by atoms with Crippen molar-refractivity contribution in [3.8, 4) is 5.75 Å². The van der Waals surface area contributed by atoms with Crippen LogP contribution in [0.25, 0.3) is 6.08 Å². The minimum atomic E-state index is -0.822. The fraction of sp³-hybridized carbons (Fsp3) is 0.250. The summed E-state index contributed by atoms with van der Waals surface area (Å²) in [7, 11) is 0. The average molecular weight is 269 g/mol. The molecule has 102 valence electrons. The summed E-state index contributed by atoms with van der Waals surface area (Å²) in [4.78, 5) is 20.8. The first-order valence-corrected chi connectivity index (χ1v) is 5.44. The van der Waals surface area contributed by atoms with Crippen LogP contribution in [0, 0.1) is 15.9 Å². The van der Waals surface area contributed by atoms with Gasteiger partial charge in [-0.3, -0.25) is 14.9 Å². The molecule has 0 saturated carbocycles. The normalized spacial score (nSPS) is 10.6. The fourth-order valence-electron chi connectivity index (χ4n) is 1.34. The Bertz CT molecular complexity index is 527. The van der Waals surface area contributed by atoms with Crippen LogP contribution in [0.15, 0.2) is 18.2 Å². The smallest absolute Gasteiger partial charge is 0.311 e. The van der Waals surface area contributed by atoms with Crippen molar-refractivity contribution in [2.75, 3.05) is 6.61 Å². The number of nitro benzene ring substituents is 1. The van der Waals surface area contributed by atoms with Crippen molar-refractivity contribution in [2.45, 2.75) is 13.3 Å². The first kappa shape index (κ1) is 14.6. The second kappa shape index (κ2) is 6.48. The largest absolute Gasteiger partial charge is 0.502 e. The van der Waals surface area contributed by atoms with Crippen molar-refractivity contribution in [1.82, 2.24) is 0 Å². The number of aromatic hydroxyl groups is 1. The first-order chi connectivity index (χ1) is 8.95. The number of hydrogen-bond donors (Lipinski definition) is 1. The van der Waals surface area contributed by atoms with Gasteiger partial charge in [0.1, 0.15) is 5.82 Å². The van der Waals surface area contributed by atoms with Crippen LogP contribution in [-0.2, 0) is 9.53 Å². The van der Waals surface area contributed by atoms with Crippen molar-refractivity contribution in [3.05, 3.63) is 39.7 Å². The third-order valence-corrected chi connectivity index (χ3v) is 2.18. The maximum absolute atomic E-state index is 13.4. The monoisotopic (exact) mass is 269 g/mol. The molecule has 0 bridgehead atoms. The van der Waals surface area contributed by atoms with Gasteiger partial charge in [-0.2, -0.15) is 0 Å². The zero-order valence-electron chi connectivity index (χ0n) is 10.1. The van der Waals surface area contributed by atoms with E-state index in [0.29, 0.717) is 6.07 Å². The molecule has 0 radical (unpaired) electrons. The van der Waals surface area contributed by atoms with Gasteiger partial charge in [-0.25, -0.2) is 4.39 Å². The van der Waals surface area contributed by atoms with E-state index >= 15 is 0 Å². The van der Waals surface area contributed by atoms with E-state index in [0.717, 1.165) is 6.07 Å². The molecular formula is C12H12FNO5. The van der Waals surface area contributed by atoms with Crippen molar-refractivity contribution in [2.24, 2.45) is 0 Å². The molecule has 19 heavy (non-hydrogen) atoms. The molecule has 0 aliphatic rings. The Morgan fingerprint density at radius 2 is 2.26 bits per heavy atom. The number of phenolic OH excluding ortho intramolecular Hbond substituents is 1. The van der Waals surface area contributed by atoms with E-state index in [1.807, 2.05) is 0 Å². The summed E-state index contributed by atoms with van der Waals surface area (Å²) < 4.78 is 18.1. The number of nitro groups is 1. The zero-order valence-corrected chi connectivity index (χ0v) is 10.1. The molecule has 1 N–H and O–H groups in total. The molecular weight excluding hydrogens is 257 g/mol. The number of ether oxygens (including phenoxy) is 1. The quantitative estimate of drug-likeness (QED) is 0.503. The number of phenols is 1. The molecule has 1 aromatic rings. The highest BCUT2D eigenvalue weighted by molar-refractivity contribution is 5.73. The molecule has 0 aliphatic heterocycles. The molecule has 1 aromatic carbocycles. The van der Waals surface area contributed by atoms with Gasteiger partial charge in [-0.15, -0.1) is 0 Å². The molecule has 7 heteroatoms. The van der Waals surface area contributed by atoms with Gasteiger partial charge in [0.2, 0.25) is 0 Å². The topological polar surface area (TPSA) is 89.7 Å². The van der Waals surface area contributed by atoms with Gasteiger partial charge in [0, 0.05) is 17.7 Å². The predicted octanol–water partition coefficient (Wildman–Crippen LogP) is 2.41. The number of carbonyl (C=O) groups is 1. The van der Waals surface area contributed by atoms with E-state index in [-0.39, 0.29) is 18.6 Å². The van der Waals surface area contributed by atoms with E-state index < -0.39 is 28.1 Å². The lowest BCUT2D eigenvalue weighted by molar-refractivity contribution is -0.385. The summed E-state index contributed by atoms with van der Waals surface area (Å²) in [5.74, 6) is -2.04. The minimum absolute atomic E-state index is 0.0675. The molecule has 0 atom stereocenters. The van der Waals surface area contributed by atoms with Crippen LogP contribution in [0.2, 0.25) is 0 Å². The summed E-state index contributed by atoms with van der Waals surface area (Å²) in [6.45, 7) is 1.90. The highest BCUT2D eigenvalue weighted by Gasteiger charge is 2.16. The summed E-state index contributed by atoms with van der Waals surface area (Å²) >= 11 is 0. The Morgan fingerprint density at radius 1 is 1.58 bits per heavy atom. The zero-order chi connectivity index (χ0) is 14.4. The van der Waals surface area contributed by atoms with Crippen LogP contribution in [0.4, 0.5) is 10.1 Å². The number of hydrogen-bond acceptors (Lipinski definition) is 5. The number of halogens is 1. The highest BCUT2D eigenvalue weighted by Crippen LogP contribution is 2.29. The van der Waals surface area contributed by atoms with Crippen LogP contribution < -0.4 is 0 Å². The molecule has 0 aromatic heterocycles. The van der Waals surface area contributed by atoms with Gasteiger partial charge in [0.15, 0.2) is 5.75 Å². The van der Waals surface area contributed by atoms with E-state index in [4.69, 9.17) is 0 Å². The molecule has 0 unspecified atom stereocenters. The van der Waals surface area contributed by atoms with Crippen LogP contribution >= 0.6 is 0 Å². The number of esters is 1. The maximum atomic E-state index is 13.4. The van der Waals surface area contributed by atoms with Crippen molar-refractivity contribution >= 4 is 17.7 Å². The van der Waals surface area contributed by atoms with Crippen molar-refractivity contribution in [1.29, 1.82) is 0 Å². The van der Waals surface area contributed by atoms with Crippen molar-refractivity contribution in [3.63, 3.8) is 0 Å². The standard InChI is InChI=1S/C12H12FNO5/c1-2-19-12(16)5-3-4-8-6-10(14(17)18)11(15)7-9(8)13/h3-4,6-7,15H,2,5H2,1H3. The molecule has 0 fully saturated rings. The summed E-state index contributed by atoms with van der Waals surface area (Å²) in [6, 6.07) is 1.55. The Balaban J connectivity index is 2.89. The van der Waals surface area contributed by atoms with Gasteiger partial charge in [0.05, 0.1) is 18.0 Å². The number of benzene rings is 1. The molecule has 0 spiro atoms. The lowest BCUT2D eigenvalue weighted by Gasteiger charge is -2.00. The van der Waals surface area contributed by atoms with Gasteiger partial charge in [-0.05, 0) is 6.92 Å². The Labute approximate surface area is 108 Å². The molecule has 0 amide bonds. The average Bonchev–Trinajstić information content (AvgIpc) is 2.31. The Kier molecular flexibility index (Phi) is 4.99. The summed E-state index contributed by atoms with van der Waals surface area (Å²) in [5, 5.41) is 19.8. The van der Waals surface area contributed by atoms with E-state index in [1.54, 1.807) is 6.92 Å². The van der Waals surface area contributed by atoms with Crippen molar-refractivity contribution < 1.29 is 24.0 Å². The SMILES string of the molecule is CCOC(=O)CC=Cc1cc([N+](=O)[O-])c(O)cc1F. The third kappa shape index (κ3) is 4.06. The summed E-state index contributed by atoms with van der Waals surface area (Å²) in [5.41, 5.74) is -0.689. The van der Waals surface area contributed by atoms with Crippen LogP contribution in [0.3, 0.4) is 0 Å². The molecule has 0 saturated heterocycles. The summed E-state index contributed by atoms with van der Waals surface area (Å²) in [6.07, 6.45) is 2.48. The lowest BCUT2D eigenvalue weighted by atomic mass is 10.1. The number of nitrogens with zero attached hydrogens (tertiary/aromatic N) is 1. The second-order valence-electron chi connectivity index (χ2n) is 3.53. The number of rotatable bonds is 5. The fourth-order valence-corrected chi connectivity index (χ4v) is 1.34. The van der Waals surface area contributed by atoms with Gasteiger partial charge < -0.3 is 9.84 Å². The molecule has 6 nitrogen and oxygen atoms in total. The number of carbonyl (C=O) groups excluding carboxylic acids is 1. The van der Waals surface area contributed by atoms with Crippen LogP contribution in [0.1, 0.15) is 18.9 Å². The Morgan fingerprint density at radius 3 is 2.84 bits per heavy atom. The van der Waals surface area contributed by atoms with Gasteiger partial charge >= 0.3 is 11.7 Å². The highest BCUT2D eigenvalue weighted by atomic mass is 19.1. The van der Waals surface area contributed by atoms with E-state index in [2.05, 4.69) is 4.74 Å². The maximum Gasteiger partial charge on any atom is 0.311 e. The Hall–Kier alpha value is -2.44. The second-order valence-corrected chi connectivity index (χ2v) is 3.53. The lowest BCUT2D eigenvalue weighted by Crippen LogP contribution is -2.01. The van der Waals surface area contributed by atoms with Crippen LogP contribution in [-0.4, -0.2) is 22.6 Å². The molecule has 0 aliphatic carbocycles. The van der Waals surface area contributed by atoms with Gasteiger partial charge in [0.25, 0.3) is 0 Å². The molecule has 0 heterocycles. The van der Waals surface area contributed by atoms with E-state index in [1.165, 1.54) is 12.2 Å². The third-order valence-electron chi connectivity index (χ3n) is 2.18. The van der Waals surface area contributed by atoms with Gasteiger partial charge in [-0.1, -0.05) is 12.2 Å². The van der Waals surface area contributed by atoms with Crippen LogP contribution in [0.5, 0.6) is 5.75 Å². The predicted molar refractivity (Wildman–Crippen MR) is 65.0 cm³/mol. The first-order valence-electron chi connectivity index (χ1n) is 5.44.